The Balaban J connectivity index is 2.65. The molecule has 0 saturated carbocycles. The van der Waals surface area contributed by atoms with E-state index in [1.807, 2.05) is 36.9 Å². The van der Waals surface area contributed by atoms with Crippen LogP contribution in [0.15, 0.2) is 30.3 Å². The van der Waals surface area contributed by atoms with Crippen molar-refractivity contribution in [2.45, 2.75) is 19.0 Å². The van der Waals surface area contributed by atoms with E-state index in [4.69, 9.17) is 5.11 Å². The molecule has 1 unspecified atom stereocenters. The number of hydrogen-bond donors (Lipinski definition) is 2. The Bertz CT molecular complexity index is 266. The summed E-state index contributed by atoms with van der Waals surface area (Å²) in [7, 11) is 0. The molecule has 0 bridgehead atoms. The summed E-state index contributed by atoms with van der Waals surface area (Å²) in [6.07, 6.45) is 2.10. The molecule has 0 spiro atoms. The van der Waals surface area contributed by atoms with Gasteiger partial charge >= 0.3 is 0 Å². The second-order valence-electron chi connectivity index (χ2n) is 3.67. The lowest BCUT2D eigenvalue weighted by molar-refractivity contribution is 0.244. The molecular formula is C12H19NOS. The van der Waals surface area contributed by atoms with Gasteiger partial charge in [0.25, 0.3) is 0 Å². The van der Waals surface area contributed by atoms with Gasteiger partial charge in [-0.05, 0) is 18.7 Å². The maximum absolute atomic E-state index is 9.03. The number of nitrogens with one attached hydrogen (secondary N) is 1. The van der Waals surface area contributed by atoms with Crippen molar-refractivity contribution in [2.24, 2.45) is 0 Å². The van der Waals surface area contributed by atoms with E-state index < -0.39 is 0 Å². The molecule has 0 fully saturated rings. The summed E-state index contributed by atoms with van der Waals surface area (Å²) in [5.74, 6) is 1.02. The van der Waals surface area contributed by atoms with Crippen LogP contribution in [-0.4, -0.2) is 29.8 Å². The minimum atomic E-state index is 0.141. The van der Waals surface area contributed by atoms with Crippen LogP contribution in [0.25, 0.3) is 0 Å². The molecule has 2 nitrogen and oxygen atoms in total. The van der Waals surface area contributed by atoms with Gasteiger partial charge in [-0.3, -0.25) is 0 Å². The first kappa shape index (κ1) is 12.6. The van der Waals surface area contributed by atoms with E-state index in [2.05, 4.69) is 23.7 Å². The molecule has 3 heteroatoms. The van der Waals surface area contributed by atoms with E-state index in [9.17, 15) is 0 Å². The molecule has 2 N–H and O–H groups in total. The van der Waals surface area contributed by atoms with Gasteiger partial charge in [0.2, 0.25) is 0 Å². The summed E-state index contributed by atoms with van der Waals surface area (Å²) in [5, 5.41) is 12.4. The van der Waals surface area contributed by atoms with Crippen molar-refractivity contribution in [1.29, 1.82) is 0 Å². The highest BCUT2D eigenvalue weighted by Gasteiger charge is 2.12. The molecule has 0 aliphatic rings. The summed E-state index contributed by atoms with van der Waals surface area (Å²) >= 11 is 1.81. The first-order chi connectivity index (χ1) is 7.27. The lowest BCUT2D eigenvalue weighted by Gasteiger charge is -2.21. The summed E-state index contributed by atoms with van der Waals surface area (Å²) in [6, 6.07) is 10.8. The van der Waals surface area contributed by atoms with E-state index in [1.54, 1.807) is 0 Å². The number of hydrogen-bond acceptors (Lipinski definition) is 3. The second-order valence-corrected chi connectivity index (χ2v) is 4.58. The normalized spacial score (nSPS) is 14.9. The van der Waals surface area contributed by atoms with E-state index >= 15 is 0 Å². The van der Waals surface area contributed by atoms with Crippen molar-refractivity contribution in [3.8, 4) is 0 Å². The fourth-order valence-corrected chi connectivity index (χ4v) is 2.11. The zero-order valence-corrected chi connectivity index (χ0v) is 10.1. The van der Waals surface area contributed by atoms with Gasteiger partial charge in [0, 0.05) is 17.8 Å². The topological polar surface area (TPSA) is 32.3 Å². The Hall–Kier alpha value is -0.510. The van der Waals surface area contributed by atoms with Gasteiger partial charge in [-0.25, -0.2) is 0 Å². The first-order valence-corrected chi connectivity index (χ1v) is 6.58. The third kappa shape index (κ3) is 4.24. The minimum absolute atomic E-state index is 0.141. The lowest BCUT2D eigenvalue weighted by atomic mass is 10.1. The molecule has 0 heterocycles. The number of benzene rings is 1. The second kappa shape index (κ2) is 6.88. The Morgan fingerprint density at radius 2 is 2.00 bits per heavy atom. The standard InChI is InChI=1S/C12H19NOS/c1-10(8-14)13-12(9-15-2)11-6-4-3-5-7-11/h3-7,10,12-14H,8-9H2,1-2H3/t10-,12?/m0/s1. The maximum atomic E-state index is 9.03. The van der Waals surface area contributed by atoms with Crippen molar-refractivity contribution in [1.82, 2.24) is 5.32 Å². The highest BCUT2D eigenvalue weighted by molar-refractivity contribution is 7.98. The lowest BCUT2D eigenvalue weighted by Crippen LogP contribution is -2.34. The molecule has 0 aliphatic carbocycles. The fraction of sp³-hybridized carbons (Fsp3) is 0.500. The van der Waals surface area contributed by atoms with Crippen LogP contribution in [0.1, 0.15) is 18.5 Å². The molecule has 1 rings (SSSR count). The SMILES string of the molecule is CSCC(N[C@@H](C)CO)c1ccccc1. The van der Waals surface area contributed by atoms with Crippen LogP contribution < -0.4 is 5.32 Å². The van der Waals surface area contributed by atoms with E-state index in [0.29, 0.717) is 6.04 Å². The highest BCUT2D eigenvalue weighted by atomic mass is 32.2. The molecule has 0 amide bonds. The van der Waals surface area contributed by atoms with Gasteiger partial charge in [-0.1, -0.05) is 30.3 Å². The molecular weight excluding hydrogens is 206 g/mol. The van der Waals surface area contributed by atoms with E-state index in [1.165, 1.54) is 5.56 Å². The van der Waals surface area contributed by atoms with Gasteiger partial charge in [-0.15, -0.1) is 0 Å². The van der Waals surface area contributed by atoms with Crippen molar-refractivity contribution >= 4 is 11.8 Å². The molecule has 1 aromatic rings. The fourth-order valence-electron chi connectivity index (χ4n) is 1.49. The molecule has 0 aromatic heterocycles. The summed E-state index contributed by atoms with van der Waals surface area (Å²) in [5.41, 5.74) is 1.28. The van der Waals surface area contributed by atoms with Crippen molar-refractivity contribution in [3.63, 3.8) is 0 Å². The van der Waals surface area contributed by atoms with Gasteiger partial charge < -0.3 is 10.4 Å². The van der Waals surface area contributed by atoms with Crippen LogP contribution in [0, 0.1) is 0 Å². The highest BCUT2D eigenvalue weighted by Crippen LogP contribution is 2.17. The van der Waals surface area contributed by atoms with Gasteiger partial charge in [0.05, 0.1) is 6.61 Å². The monoisotopic (exact) mass is 225 g/mol. The van der Waals surface area contributed by atoms with Gasteiger partial charge in [0.15, 0.2) is 0 Å². The van der Waals surface area contributed by atoms with Crippen LogP contribution in [0.3, 0.4) is 0 Å². The van der Waals surface area contributed by atoms with Gasteiger partial charge in [-0.2, -0.15) is 11.8 Å². The summed E-state index contributed by atoms with van der Waals surface area (Å²) < 4.78 is 0. The number of aliphatic hydroxyl groups is 1. The van der Waals surface area contributed by atoms with Crippen LogP contribution in [0.2, 0.25) is 0 Å². The largest absolute Gasteiger partial charge is 0.395 e. The Morgan fingerprint density at radius 1 is 1.33 bits per heavy atom. The van der Waals surface area contributed by atoms with E-state index in [0.717, 1.165) is 5.75 Å². The average Bonchev–Trinajstić information content (AvgIpc) is 2.29. The van der Waals surface area contributed by atoms with Crippen molar-refractivity contribution in [3.05, 3.63) is 35.9 Å². The molecule has 0 aliphatic heterocycles. The molecule has 1 aromatic carbocycles. The first-order valence-electron chi connectivity index (χ1n) is 5.18. The Labute approximate surface area is 96.1 Å². The van der Waals surface area contributed by atoms with Crippen molar-refractivity contribution in [2.75, 3.05) is 18.6 Å². The zero-order valence-electron chi connectivity index (χ0n) is 9.31. The smallest absolute Gasteiger partial charge is 0.0582 e. The van der Waals surface area contributed by atoms with E-state index in [-0.39, 0.29) is 12.6 Å². The van der Waals surface area contributed by atoms with Crippen molar-refractivity contribution < 1.29 is 5.11 Å². The molecule has 15 heavy (non-hydrogen) atoms. The van der Waals surface area contributed by atoms with Crippen LogP contribution in [0.4, 0.5) is 0 Å². The molecule has 84 valence electrons. The van der Waals surface area contributed by atoms with Gasteiger partial charge in [0.1, 0.15) is 0 Å². The third-order valence-corrected chi connectivity index (χ3v) is 2.96. The summed E-state index contributed by atoms with van der Waals surface area (Å²) in [4.78, 5) is 0. The van der Waals surface area contributed by atoms with Crippen LogP contribution >= 0.6 is 11.8 Å². The predicted octanol–water partition coefficient (Wildman–Crippen LogP) is 2.06. The quantitative estimate of drug-likeness (QED) is 0.777. The van der Waals surface area contributed by atoms with Crippen LogP contribution in [0.5, 0.6) is 0 Å². The number of aliphatic hydroxyl groups excluding tert-OH is 1. The average molecular weight is 225 g/mol. The summed E-state index contributed by atoms with van der Waals surface area (Å²) in [6.45, 7) is 2.17. The molecule has 2 atom stereocenters. The Morgan fingerprint density at radius 3 is 2.53 bits per heavy atom. The zero-order chi connectivity index (χ0) is 11.1. The number of thioether (sulfide) groups is 1. The number of rotatable bonds is 6. The molecule has 0 radical (unpaired) electrons. The predicted molar refractivity (Wildman–Crippen MR) is 67.2 cm³/mol. The van der Waals surface area contributed by atoms with Crippen LogP contribution in [-0.2, 0) is 0 Å². The third-order valence-electron chi connectivity index (χ3n) is 2.29. The minimum Gasteiger partial charge on any atom is -0.395 e. The maximum Gasteiger partial charge on any atom is 0.0582 e. The molecule has 0 saturated heterocycles. The Kier molecular flexibility index (Phi) is 5.76.